The number of ether oxygens (including phenoxy) is 2. The molecule has 0 aliphatic carbocycles. The van der Waals surface area contributed by atoms with E-state index < -0.39 is 0 Å². The second-order valence-corrected chi connectivity index (χ2v) is 8.60. The fourth-order valence-corrected chi connectivity index (χ4v) is 4.12. The quantitative estimate of drug-likeness (QED) is 0.321. The van der Waals surface area contributed by atoms with E-state index in [9.17, 15) is 4.79 Å². The van der Waals surface area contributed by atoms with E-state index in [1.807, 2.05) is 73.7 Å². The molecule has 2 heterocycles. The predicted octanol–water partition coefficient (Wildman–Crippen LogP) is 4.44. The largest absolute Gasteiger partial charge is 0.493 e. The molecule has 0 spiro atoms. The number of benzene rings is 3. The Hall–Kier alpha value is -4.66. The molecule has 2 aromatic heterocycles. The second kappa shape index (κ2) is 10.5. The molecule has 0 radical (unpaired) electrons. The van der Waals surface area contributed by atoms with Crippen molar-refractivity contribution in [3.63, 3.8) is 0 Å². The zero-order valence-corrected chi connectivity index (χ0v) is 20.9. The zero-order chi connectivity index (χ0) is 25.8. The summed E-state index contributed by atoms with van der Waals surface area (Å²) in [6.45, 7) is 2.56. The van der Waals surface area contributed by atoms with Crippen molar-refractivity contribution < 1.29 is 18.8 Å². The van der Waals surface area contributed by atoms with E-state index in [2.05, 4.69) is 20.6 Å². The van der Waals surface area contributed by atoms with Gasteiger partial charge in [0.05, 0.1) is 19.7 Å². The lowest BCUT2D eigenvalue weighted by Gasteiger charge is -2.10. The standard InChI is InChI=1S/C28H27N5O4/c1-18-8-11-20(12-9-18)27-30-28(37-32-27)26-21-6-4-5-7-22(21)33(31-26)17-25(34)29-15-14-19-10-13-23(35-2)24(16-19)36-3/h4-13,16H,14-15,17H2,1-3H3,(H,29,34). The van der Waals surface area contributed by atoms with Crippen LogP contribution >= 0.6 is 0 Å². The summed E-state index contributed by atoms with van der Waals surface area (Å²) in [6.07, 6.45) is 0.654. The number of aromatic nitrogens is 4. The number of aryl methyl sites for hydroxylation is 1. The van der Waals surface area contributed by atoms with Crippen molar-refractivity contribution in [3.8, 4) is 34.5 Å². The van der Waals surface area contributed by atoms with Gasteiger partial charge in [0.25, 0.3) is 5.89 Å². The number of methoxy groups -OCH3 is 2. The highest BCUT2D eigenvalue weighted by Gasteiger charge is 2.19. The Morgan fingerprint density at radius 3 is 2.57 bits per heavy atom. The average molecular weight is 498 g/mol. The van der Waals surface area contributed by atoms with Crippen molar-refractivity contribution in [3.05, 3.63) is 77.9 Å². The highest BCUT2D eigenvalue weighted by molar-refractivity contribution is 5.92. The van der Waals surface area contributed by atoms with E-state index in [0.717, 1.165) is 27.6 Å². The van der Waals surface area contributed by atoms with Gasteiger partial charge in [0.2, 0.25) is 11.7 Å². The lowest BCUT2D eigenvalue weighted by atomic mass is 10.1. The molecule has 0 bridgehead atoms. The molecule has 0 saturated carbocycles. The first-order valence-corrected chi connectivity index (χ1v) is 11.9. The molecule has 3 aromatic carbocycles. The van der Waals surface area contributed by atoms with Crippen LogP contribution in [0, 0.1) is 6.92 Å². The van der Waals surface area contributed by atoms with Crippen LogP contribution < -0.4 is 14.8 Å². The van der Waals surface area contributed by atoms with Gasteiger partial charge in [-0.3, -0.25) is 9.48 Å². The van der Waals surface area contributed by atoms with E-state index in [1.165, 1.54) is 0 Å². The maximum atomic E-state index is 12.8. The van der Waals surface area contributed by atoms with Crippen LogP contribution in [0.2, 0.25) is 0 Å². The van der Waals surface area contributed by atoms with Gasteiger partial charge in [-0.1, -0.05) is 59.3 Å². The normalized spacial score (nSPS) is 11.0. The SMILES string of the molecule is COc1ccc(CCNC(=O)Cn2nc(-c3nc(-c4ccc(C)cc4)no3)c3ccccc32)cc1OC. The van der Waals surface area contributed by atoms with Crippen LogP contribution in [0.3, 0.4) is 0 Å². The van der Waals surface area contributed by atoms with E-state index in [0.29, 0.717) is 41.9 Å². The molecule has 0 fully saturated rings. The van der Waals surface area contributed by atoms with Gasteiger partial charge in [0.1, 0.15) is 6.54 Å². The summed E-state index contributed by atoms with van der Waals surface area (Å²) in [7, 11) is 3.20. The smallest absolute Gasteiger partial charge is 0.279 e. The first-order valence-electron chi connectivity index (χ1n) is 11.9. The number of hydrogen-bond donors (Lipinski definition) is 1. The number of carbonyl (C=O) groups is 1. The molecule has 9 heteroatoms. The number of para-hydroxylation sites is 1. The summed E-state index contributed by atoms with van der Waals surface area (Å²) in [5.74, 6) is 1.98. The Bertz CT molecular complexity index is 1540. The third-order valence-corrected chi connectivity index (χ3v) is 6.07. The molecule has 0 aliphatic rings. The zero-order valence-electron chi connectivity index (χ0n) is 20.9. The molecular weight excluding hydrogens is 470 g/mol. The fraction of sp³-hybridized carbons (Fsp3) is 0.214. The fourth-order valence-electron chi connectivity index (χ4n) is 4.12. The Morgan fingerprint density at radius 2 is 1.78 bits per heavy atom. The van der Waals surface area contributed by atoms with Crippen LogP contribution in [0.15, 0.2) is 71.3 Å². The molecule has 188 valence electrons. The second-order valence-electron chi connectivity index (χ2n) is 8.60. The Morgan fingerprint density at radius 1 is 1.00 bits per heavy atom. The van der Waals surface area contributed by atoms with Gasteiger partial charge < -0.3 is 19.3 Å². The van der Waals surface area contributed by atoms with Gasteiger partial charge in [-0.25, -0.2) is 0 Å². The molecule has 1 N–H and O–H groups in total. The maximum absolute atomic E-state index is 12.8. The van der Waals surface area contributed by atoms with Crippen molar-refractivity contribution in [2.24, 2.45) is 0 Å². The summed E-state index contributed by atoms with van der Waals surface area (Å²) in [5.41, 5.74) is 4.39. The summed E-state index contributed by atoms with van der Waals surface area (Å²) in [5, 5.41) is 12.6. The number of rotatable bonds is 9. The molecular formula is C28H27N5O4. The minimum Gasteiger partial charge on any atom is -0.493 e. The molecule has 0 aliphatic heterocycles. The van der Waals surface area contributed by atoms with E-state index in [4.69, 9.17) is 14.0 Å². The van der Waals surface area contributed by atoms with Crippen molar-refractivity contribution >= 4 is 16.8 Å². The highest BCUT2D eigenvalue weighted by Crippen LogP contribution is 2.29. The summed E-state index contributed by atoms with van der Waals surface area (Å²) in [4.78, 5) is 17.3. The van der Waals surface area contributed by atoms with Crippen LogP contribution in [-0.2, 0) is 17.8 Å². The number of hydrogen-bond acceptors (Lipinski definition) is 7. The maximum Gasteiger partial charge on any atom is 0.279 e. The predicted molar refractivity (Wildman–Crippen MR) is 139 cm³/mol. The van der Waals surface area contributed by atoms with Crippen LogP contribution in [0.4, 0.5) is 0 Å². The van der Waals surface area contributed by atoms with Crippen molar-refractivity contribution in [2.45, 2.75) is 19.9 Å². The average Bonchev–Trinajstić information content (AvgIpc) is 3.54. The summed E-state index contributed by atoms with van der Waals surface area (Å²) < 4.78 is 17.8. The van der Waals surface area contributed by atoms with Gasteiger partial charge >= 0.3 is 0 Å². The summed E-state index contributed by atoms with van der Waals surface area (Å²) in [6, 6.07) is 21.3. The monoisotopic (exact) mass is 497 g/mol. The van der Waals surface area contributed by atoms with Crippen molar-refractivity contribution in [1.29, 1.82) is 0 Å². The Labute approximate surface area is 214 Å². The molecule has 1 amide bonds. The molecule has 5 rings (SSSR count). The number of nitrogens with one attached hydrogen (secondary N) is 1. The van der Waals surface area contributed by atoms with Gasteiger partial charge in [-0.2, -0.15) is 10.1 Å². The third kappa shape index (κ3) is 5.16. The number of nitrogens with zero attached hydrogens (tertiary/aromatic N) is 4. The summed E-state index contributed by atoms with van der Waals surface area (Å²) >= 11 is 0. The Balaban J connectivity index is 1.29. The molecule has 9 nitrogen and oxygen atoms in total. The first-order chi connectivity index (χ1) is 18.1. The van der Waals surface area contributed by atoms with Crippen molar-refractivity contribution in [1.82, 2.24) is 25.2 Å². The molecule has 0 atom stereocenters. The molecule has 5 aromatic rings. The van der Waals surface area contributed by atoms with Gasteiger partial charge in [0.15, 0.2) is 17.2 Å². The van der Waals surface area contributed by atoms with E-state index in [-0.39, 0.29) is 12.5 Å². The van der Waals surface area contributed by atoms with Crippen molar-refractivity contribution in [2.75, 3.05) is 20.8 Å². The number of fused-ring (bicyclic) bond motifs is 1. The van der Waals surface area contributed by atoms with Crippen LogP contribution in [-0.4, -0.2) is 46.6 Å². The Kier molecular flexibility index (Phi) is 6.85. The van der Waals surface area contributed by atoms with Crippen LogP contribution in [0.5, 0.6) is 11.5 Å². The lowest BCUT2D eigenvalue weighted by molar-refractivity contribution is -0.121. The molecule has 0 unspecified atom stereocenters. The highest BCUT2D eigenvalue weighted by atomic mass is 16.5. The molecule has 37 heavy (non-hydrogen) atoms. The van der Waals surface area contributed by atoms with Crippen LogP contribution in [0.25, 0.3) is 33.9 Å². The number of amides is 1. The topological polar surface area (TPSA) is 104 Å². The minimum absolute atomic E-state index is 0.0609. The lowest BCUT2D eigenvalue weighted by Crippen LogP contribution is -2.29. The van der Waals surface area contributed by atoms with Gasteiger partial charge in [-0.15, -0.1) is 0 Å². The molecule has 0 saturated heterocycles. The van der Waals surface area contributed by atoms with E-state index in [1.54, 1.807) is 18.9 Å². The van der Waals surface area contributed by atoms with Gasteiger partial charge in [-0.05, 0) is 37.1 Å². The third-order valence-electron chi connectivity index (χ3n) is 6.07. The number of carbonyl (C=O) groups excluding carboxylic acids is 1. The van der Waals surface area contributed by atoms with E-state index >= 15 is 0 Å². The first kappa shape index (κ1) is 24.1. The van der Waals surface area contributed by atoms with Gasteiger partial charge in [0, 0.05) is 17.5 Å². The van der Waals surface area contributed by atoms with Crippen LogP contribution in [0.1, 0.15) is 11.1 Å². The minimum atomic E-state index is -0.147.